The lowest BCUT2D eigenvalue weighted by Gasteiger charge is -2.26. The van der Waals surface area contributed by atoms with E-state index in [2.05, 4.69) is 37.9 Å². The van der Waals surface area contributed by atoms with Crippen LogP contribution in [-0.2, 0) is 6.42 Å². The van der Waals surface area contributed by atoms with Crippen molar-refractivity contribution in [3.8, 4) is 0 Å². The van der Waals surface area contributed by atoms with Crippen LogP contribution >= 0.6 is 11.3 Å². The molecule has 0 radical (unpaired) electrons. The lowest BCUT2D eigenvalue weighted by Crippen LogP contribution is -2.36. The summed E-state index contributed by atoms with van der Waals surface area (Å²) in [6.45, 7) is 4.89. The molecule has 3 rings (SSSR count). The molecule has 2 N–H and O–H groups in total. The first kappa shape index (κ1) is 15.2. The number of aromatic amines is 1. The number of rotatable bonds is 6. The van der Waals surface area contributed by atoms with Gasteiger partial charge in [0.2, 0.25) is 0 Å². The minimum absolute atomic E-state index is 0.100. The second-order valence-corrected chi connectivity index (χ2v) is 6.60. The number of amides is 1. The molecule has 5 nitrogen and oxygen atoms in total. The van der Waals surface area contributed by atoms with Gasteiger partial charge in [0.05, 0.1) is 6.04 Å². The maximum atomic E-state index is 12.3. The summed E-state index contributed by atoms with van der Waals surface area (Å²) in [6, 6.07) is 6.33. The molecule has 0 aromatic carbocycles. The molecule has 2 aromatic rings. The van der Waals surface area contributed by atoms with Gasteiger partial charge in [-0.2, -0.15) is 5.10 Å². The molecule has 1 aliphatic rings. The van der Waals surface area contributed by atoms with Gasteiger partial charge in [-0.05, 0) is 49.9 Å². The Kier molecular flexibility index (Phi) is 4.90. The molecule has 0 spiro atoms. The third-order valence-electron chi connectivity index (χ3n) is 4.15. The van der Waals surface area contributed by atoms with Crippen molar-refractivity contribution in [3.05, 3.63) is 39.8 Å². The molecule has 1 atom stereocenters. The predicted molar refractivity (Wildman–Crippen MR) is 88.2 cm³/mol. The fourth-order valence-corrected chi connectivity index (χ4v) is 3.74. The maximum absolute atomic E-state index is 12.3. The monoisotopic (exact) mass is 318 g/mol. The van der Waals surface area contributed by atoms with Gasteiger partial charge < -0.3 is 5.32 Å². The minimum Gasteiger partial charge on any atom is -0.349 e. The highest BCUT2D eigenvalue weighted by atomic mass is 32.1. The molecule has 6 heteroatoms. The third-order valence-corrected chi connectivity index (χ3v) is 5.13. The number of thiophene rings is 1. The van der Waals surface area contributed by atoms with Crippen LogP contribution in [-0.4, -0.2) is 40.6 Å². The third kappa shape index (κ3) is 3.39. The summed E-state index contributed by atoms with van der Waals surface area (Å²) in [5.41, 5.74) is 1.46. The summed E-state index contributed by atoms with van der Waals surface area (Å²) in [4.78, 5) is 16.0. The number of nitrogens with one attached hydrogen (secondary N) is 2. The molecule has 0 saturated carbocycles. The largest absolute Gasteiger partial charge is 0.349 e. The van der Waals surface area contributed by atoms with Crippen LogP contribution in [0.15, 0.2) is 23.6 Å². The summed E-state index contributed by atoms with van der Waals surface area (Å²) in [5.74, 6) is -0.100. The van der Waals surface area contributed by atoms with Gasteiger partial charge in [-0.25, -0.2) is 0 Å². The standard InChI is InChI=1S/C16H22N4OS/c1-2-12-10-13(19-18-12)16(21)17-11-14(15-6-5-9-22-15)20-7-3-4-8-20/h5-6,9-10,14H,2-4,7-8,11H2,1H3,(H,17,21)(H,18,19). The Balaban J connectivity index is 1.64. The van der Waals surface area contributed by atoms with Crippen LogP contribution in [0.25, 0.3) is 0 Å². The smallest absolute Gasteiger partial charge is 0.271 e. The van der Waals surface area contributed by atoms with Crippen molar-refractivity contribution in [1.82, 2.24) is 20.4 Å². The van der Waals surface area contributed by atoms with E-state index < -0.39 is 0 Å². The van der Waals surface area contributed by atoms with Crippen LogP contribution in [0, 0.1) is 0 Å². The Morgan fingerprint density at radius 2 is 2.32 bits per heavy atom. The van der Waals surface area contributed by atoms with E-state index in [1.54, 1.807) is 11.3 Å². The average Bonchev–Trinajstić information content (AvgIpc) is 3.29. The number of aromatic nitrogens is 2. The zero-order valence-electron chi connectivity index (χ0n) is 12.8. The highest BCUT2D eigenvalue weighted by molar-refractivity contribution is 7.10. The number of H-pyrrole nitrogens is 1. The van der Waals surface area contributed by atoms with Gasteiger partial charge in [-0.1, -0.05) is 13.0 Å². The van der Waals surface area contributed by atoms with Crippen molar-refractivity contribution in [2.24, 2.45) is 0 Å². The first-order chi connectivity index (χ1) is 10.8. The van der Waals surface area contributed by atoms with Crippen LogP contribution in [0.3, 0.4) is 0 Å². The van der Waals surface area contributed by atoms with Crippen molar-refractivity contribution < 1.29 is 4.79 Å². The van der Waals surface area contributed by atoms with Gasteiger partial charge in [-0.15, -0.1) is 11.3 Å². The molecule has 3 heterocycles. The van der Waals surface area contributed by atoms with Gasteiger partial charge in [0.25, 0.3) is 5.91 Å². The zero-order valence-corrected chi connectivity index (χ0v) is 13.7. The summed E-state index contributed by atoms with van der Waals surface area (Å²) >= 11 is 1.76. The van der Waals surface area contributed by atoms with Gasteiger partial charge >= 0.3 is 0 Å². The van der Waals surface area contributed by atoms with Gasteiger partial charge in [0.1, 0.15) is 5.69 Å². The van der Waals surface area contributed by atoms with Crippen LogP contribution in [0.4, 0.5) is 0 Å². The maximum Gasteiger partial charge on any atom is 0.271 e. The zero-order chi connectivity index (χ0) is 15.4. The van der Waals surface area contributed by atoms with Crippen molar-refractivity contribution in [2.45, 2.75) is 32.2 Å². The average molecular weight is 318 g/mol. The van der Waals surface area contributed by atoms with E-state index in [1.807, 2.05) is 13.0 Å². The van der Waals surface area contributed by atoms with Crippen LogP contribution in [0.2, 0.25) is 0 Å². The molecule has 1 saturated heterocycles. The molecule has 1 aliphatic heterocycles. The summed E-state index contributed by atoms with van der Waals surface area (Å²) < 4.78 is 0. The number of aryl methyl sites for hydroxylation is 1. The second kappa shape index (κ2) is 7.07. The topological polar surface area (TPSA) is 61.0 Å². The molecule has 118 valence electrons. The number of carbonyl (C=O) groups is 1. The quantitative estimate of drug-likeness (QED) is 0.860. The first-order valence-corrected chi connectivity index (χ1v) is 8.76. The molecule has 1 unspecified atom stereocenters. The van der Waals surface area contributed by atoms with E-state index in [4.69, 9.17) is 0 Å². The SMILES string of the molecule is CCc1cc(C(=O)NCC(c2cccs2)N2CCCC2)n[nH]1. The summed E-state index contributed by atoms with van der Waals surface area (Å²) in [5, 5.41) is 12.1. The van der Waals surface area contributed by atoms with Crippen molar-refractivity contribution in [3.63, 3.8) is 0 Å². The molecule has 0 bridgehead atoms. The lowest BCUT2D eigenvalue weighted by molar-refractivity contribution is 0.0933. The molecule has 1 fully saturated rings. The van der Waals surface area contributed by atoms with Crippen LogP contribution in [0.1, 0.15) is 46.9 Å². The second-order valence-electron chi connectivity index (χ2n) is 5.62. The van der Waals surface area contributed by atoms with E-state index in [1.165, 1.54) is 17.7 Å². The number of hydrogen-bond acceptors (Lipinski definition) is 4. The molecule has 22 heavy (non-hydrogen) atoms. The molecule has 1 amide bonds. The number of hydrogen-bond donors (Lipinski definition) is 2. The van der Waals surface area contributed by atoms with Gasteiger partial charge in [0.15, 0.2) is 0 Å². The number of nitrogens with zero attached hydrogens (tertiary/aromatic N) is 2. The first-order valence-electron chi connectivity index (χ1n) is 7.88. The molecule has 2 aromatic heterocycles. The van der Waals surface area contributed by atoms with Crippen molar-refractivity contribution >= 4 is 17.2 Å². The van der Waals surface area contributed by atoms with Crippen LogP contribution < -0.4 is 5.32 Å². The Morgan fingerprint density at radius 1 is 1.50 bits per heavy atom. The number of carbonyl (C=O) groups excluding carboxylic acids is 1. The Labute approximate surface area is 134 Å². The highest BCUT2D eigenvalue weighted by Gasteiger charge is 2.25. The van der Waals surface area contributed by atoms with E-state index in [9.17, 15) is 4.79 Å². The minimum atomic E-state index is -0.100. The summed E-state index contributed by atoms with van der Waals surface area (Å²) in [6.07, 6.45) is 3.34. The highest BCUT2D eigenvalue weighted by Crippen LogP contribution is 2.27. The van der Waals surface area contributed by atoms with Crippen LogP contribution in [0.5, 0.6) is 0 Å². The van der Waals surface area contributed by atoms with E-state index >= 15 is 0 Å². The van der Waals surface area contributed by atoms with Gasteiger partial charge in [-0.3, -0.25) is 14.8 Å². The molecular formula is C16H22N4OS. The molecular weight excluding hydrogens is 296 g/mol. The van der Waals surface area contributed by atoms with E-state index in [0.29, 0.717) is 12.2 Å². The van der Waals surface area contributed by atoms with Gasteiger partial charge in [0, 0.05) is 17.1 Å². The van der Waals surface area contributed by atoms with Crippen molar-refractivity contribution in [2.75, 3.05) is 19.6 Å². The molecule has 0 aliphatic carbocycles. The predicted octanol–water partition coefficient (Wildman–Crippen LogP) is 2.60. The summed E-state index contributed by atoms with van der Waals surface area (Å²) in [7, 11) is 0. The fourth-order valence-electron chi connectivity index (χ4n) is 2.88. The Hall–Kier alpha value is -1.66. The Morgan fingerprint density at radius 3 is 2.95 bits per heavy atom. The number of likely N-dealkylation sites (tertiary alicyclic amines) is 1. The van der Waals surface area contributed by atoms with Crippen molar-refractivity contribution in [1.29, 1.82) is 0 Å². The normalized spacial score (nSPS) is 16.8. The van der Waals surface area contributed by atoms with E-state index in [-0.39, 0.29) is 11.9 Å². The van der Waals surface area contributed by atoms with E-state index in [0.717, 1.165) is 25.2 Å². The Bertz CT molecular complexity index is 601. The fraction of sp³-hybridized carbons (Fsp3) is 0.500. The lowest BCUT2D eigenvalue weighted by atomic mass is 10.2.